The number of aromatic carboxylic acids is 1. The number of nitrogens with one attached hydrogen (secondary N) is 1. The summed E-state index contributed by atoms with van der Waals surface area (Å²) in [6.45, 7) is -0.248. The first-order chi connectivity index (χ1) is 12.4. The van der Waals surface area contributed by atoms with E-state index in [0.717, 1.165) is 16.6 Å². The predicted octanol–water partition coefficient (Wildman–Crippen LogP) is 1.95. The molecule has 0 bridgehead atoms. The number of amides is 2. The van der Waals surface area contributed by atoms with E-state index in [0.29, 0.717) is 14.9 Å². The number of thiophene rings is 1. The van der Waals surface area contributed by atoms with Gasteiger partial charge in [0, 0.05) is 10.6 Å². The summed E-state index contributed by atoms with van der Waals surface area (Å²) in [5.41, 5.74) is 0.253. The smallest absolute Gasteiger partial charge is 0.266 e. The van der Waals surface area contributed by atoms with Crippen molar-refractivity contribution in [3.8, 4) is 0 Å². The van der Waals surface area contributed by atoms with Crippen LogP contribution in [0.3, 0.4) is 0 Å². The number of anilines is 1. The Morgan fingerprint density at radius 1 is 1.27 bits per heavy atom. The van der Waals surface area contributed by atoms with Crippen molar-refractivity contribution in [2.24, 2.45) is 0 Å². The molecule has 26 heavy (non-hydrogen) atoms. The highest BCUT2D eigenvalue weighted by Crippen LogP contribution is 2.33. The number of carboxylic acid groups (broad SMARTS) is 1. The second-order valence-electron chi connectivity index (χ2n) is 5.20. The van der Waals surface area contributed by atoms with Gasteiger partial charge in [0.05, 0.1) is 10.9 Å². The van der Waals surface area contributed by atoms with Crippen LogP contribution in [-0.2, 0) is 9.59 Å². The molecular formula is C17H11N2O4S3-. The van der Waals surface area contributed by atoms with E-state index in [1.165, 1.54) is 34.4 Å². The third-order valence-electron chi connectivity index (χ3n) is 3.37. The van der Waals surface area contributed by atoms with Crippen LogP contribution in [0.2, 0.25) is 0 Å². The van der Waals surface area contributed by atoms with Crippen molar-refractivity contribution in [2.75, 3.05) is 11.9 Å². The number of carboxylic acids is 1. The second kappa shape index (κ2) is 7.81. The molecule has 1 aliphatic rings. The van der Waals surface area contributed by atoms with E-state index in [9.17, 15) is 19.5 Å². The lowest BCUT2D eigenvalue weighted by atomic mass is 10.2. The molecule has 1 fully saturated rings. The van der Waals surface area contributed by atoms with Gasteiger partial charge in [0.2, 0.25) is 5.91 Å². The molecule has 1 aliphatic heterocycles. The monoisotopic (exact) mass is 403 g/mol. The first-order valence-corrected chi connectivity index (χ1v) is 9.44. The van der Waals surface area contributed by atoms with Crippen LogP contribution in [0.4, 0.5) is 5.69 Å². The Morgan fingerprint density at radius 2 is 2.08 bits per heavy atom. The Labute approximate surface area is 162 Å². The molecule has 1 aromatic carbocycles. The third-order valence-corrected chi connectivity index (χ3v) is 5.57. The van der Waals surface area contributed by atoms with Crippen molar-refractivity contribution in [3.05, 3.63) is 57.1 Å². The lowest BCUT2D eigenvalue weighted by molar-refractivity contribution is -0.255. The summed E-state index contributed by atoms with van der Waals surface area (Å²) in [5, 5.41) is 15.3. The quantitative estimate of drug-likeness (QED) is 0.606. The summed E-state index contributed by atoms with van der Waals surface area (Å²) in [4.78, 5) is 38.1. The van der Waals surface area contributed by atoms with Crippen LogP contribution >= 0.6 is 35.3 Å². The molecule has 0 spiro atoms. The number of hydrogen-bond donors (Lipinski definition) is 1. The zero-order valence-corrected chi connectivity index (χ0v) is 15.6. The minimum atomic E-state index is -1.34. The van der Waals surface area contributed by atoms with Crippen LogP contribution in [0.25, 0.3) is 6.08 Å². The van der Waals surface area contributed by atoms with Gasteiger partial charge in [-0.1, -0.05) is 42.2 Å². The molecule has 2 aromatic rings. The van der Waals surface area contributed by atoms with E-state index in [1.54, 1.807) is 12.1 Å². The Hall–Kier alpha value is -2.49. The third kappa shape index (κ3) is 4.18. The van der Waals surface area contributed by atoms with Crippen molar-refractivity contribution in [2.45, 2.75) is 0 Å². The molecule has 0 aliphatic carbocycles. The summed E-state index contributed by atoms with van der Waals surface area (Å²) in [5.74, 6) is -2.14. The molecule has 6 nitrogen and oxygen atoms in total. The number of thioether (sulfide) groups is 1. The first-order valence-electron chi connectivity index (χ1n) is 7.34. The minimum Gasteiger partial charge on any atom is -0.545 e. The van der Waals surface area contributed by atoms with Crippen LogP contribution in [-0.4, -0.2) is 33.5 Å². The van der Waals surface area contributed by atoms with Gasteiger partial charge in [-0.15, -0.1) is 11.3 Å². The molecule has 9 heteroatoms. The lowest BCUT2D eigenvalue weighted by Gasteiger charge is -2.14. The zero-order chi connectivity index (χ0) is 18.7. The maximum atomic E-state index is 12.5. The summed E-state index contributed by atoms with van der Waals surface area (Å²) in [6, 6.07) is 9.45. The summed E-state index contributed by atoms with van der Waals surface area (Å²) in [6.07, 6.45) is 1.74. The highest BCUT2D eigenvalue weighted by atomic mass is 32.2. The van der Waals surface area contributed by atoms with Crippen molar-refractivity contribution < 1.29 is 19.5 Å². The normalized spacial score (nSPS) is 15.5. The highest BCUT2D eigenvalue weighted by Gasteiger charge is 2.33. The van der Waals surface area contributed by atoms with Crippen molar-refractivity contribution >= 4 is 69.2 Å². The van der Waals surface area contributed by atoms with Gasteiger partial charge in [-0.05, 0) is 35.2 Å². The Morgan fingerprint density at radius 3 is 2.77 bits per heavy atom. The van der Waals surface area contributed by atoms with Gasteiger partial charge in [-0.2, -0.15) is 0 Å². The highest BCUT2D eigenvalue weighted by molar-refractivity contribution is 8.26. The maximum absolute atomic E-state index is 12.5. The number of benzene rings is 1. The van der Waals surface area contributed by atoms with Crippen molar-refractivity contribution in [3.63, 3.8) is 0 Å². The van der Waals surface area contributed by atoms with Crippen LogP contribution in [0.1, 0.15) is 15.2 Å². The van der Waals surface area contributed by atoms with E-state index < -0.39 is 11.9 Å². The van der Waals surface area contributed by atoms with Crippen LogP contribution in [0.15, 0.2) is 46.7 Å². The standard InChI is InChI=1S/C17H12N2O4S3/c20-14(18-11-4-1-3-10(7-11)16(22)23)9-19-15(21)13(26-17(19)24)8-12-5-2-6-25-12/h1-8H,9H2,(H,18,20)(H,22,23)/p-1/b13-8-. The van der Waals surface area contributed by atoms with E-state index in [1.807, 2.05) is 17.5 Å². The topological polar surface area (TPSA) is 89.5 Å². The largest absolute Gasteiger partial charge is 0.545 e. The average Bonchev–Trinajstić information content (AvgIpc) is 3.19. The van der Waals surface area contributed by atoms with Crippen molar-refractivity contribution in [1.82, 2.24) is 4.90 Å². The zero-order valence-electron chi connectivity index (χ0n) is 13.1. The summed E-state index contributed by atoms with van der Waals surface area (Å²) in [7, 11) is 0. The molecule has 0 saturated carbocycles. The van der Waals surface area contributed by atoms with Crippen LogP contribution in [0, 0.1) is 0 Å². The molecule has 2 amide bonds. The van der Waals surface area contributed by atoms with Gasteiger partial charge in [0.1, 0.15) is 10.9 Å². The molecular weight excluding hydrogens is 392 g/mol. The Bertz CT molecular complexity index is 922. The first kappa shape index (κ1) is 18.3. The summed E-state index contributed by atoms with van der Waals surface area (Å²) >= 11 is 7.83. The molecule has 132 valence electrons. The second-order valence-corrected chi connectivity index (χ2v) is 7.85. The van der Waals surface area contributed by atoms with E-state index in [2.05, 4.69) is 5.32 Å². The van der Waals surface area contributed by atoms with E-state index in [4.69, 9.17) is 12.2 Å². The number of thiocarbonyl (C=S) groups is 1. The molecule has 0 unspecified atom stereocenters. The van der Waals surface area contributed by atoms with Gasteiger partial charge in [-0.3, -0.25) is 14.5 Å². The maximum Gasteiger partial charge on any atom is 0.266 e. The van der Waals surface area contributed by atoms with E-state index >= 15 is 0 Å². The number of carbonyl (C=O) groups excluding carboxylic acids is 3. The number of hydrogen-bond acceptors (Lipinski definition) is 7. The van der Waals surface area contributed by atoms with Crippen molar-refractivity contribution in [1.29, 1.82) is 0 Å². The number of rotatable bonds is 5. The SMILES string of the molecule is O=C(CN1C(=O)/C(=C/c2cccs2)SC1=S)Nc1cccc(C(=O)[O-])c1. The van der Waals surface area contributed by atoms with Crippen LogP contribution in [0.5, 0.6) is 0 Å². The lowest BCUT2D eigenvalue weighted by Crippen LogP contribution is -2.36. The fraction of sp³-hybridized carbons (Fsp3) is 0.0588. The molecule has 1 aromatic heterocycles. The molecule has 1 N–H and O–H groups in total. The van der Waals surface area contributed by atoms with Gasteiger partial charge in [0.25, 0.3) is 5.91 Å². The average molecular weight is 403 g/mol. The molecule has 2 heterocycles. The minimum absolute atomic E-state index is 0.0488. The Balaban J connectivity index is 1.67. The van der Waals surface area contributed by atoms with Gasteiger partial charge in [-0.25, -0.2) is 0 Å². The van der Waals surface area contributed by atoms with E-state index in [-0.39, 0.29) is 18.0 Å². The van der Waals surface area contributed by atoms with Gasteiger partial charge in [0.15, 0.2) is 0 Å². The fourth-order valence-corrected chi connectivity index (χ4v) is 4.18. The van der Waals surface area contributed by atoms with Crippen LogP contribution < -0.4 is 10.4 Å². The predicted molar refractivity (Wildman–Crippen MR) is 104 cm³/mol. The number of nitrogens with zero attached hydrogens (tertiary/aromatic N) is 1. The molecule has 3 rings (SSSR count). The Kier molecular flexibility index (Phi) is 5.50. The molecule has 1 saturated heterocycles. The van der Waals surface area contributed by atoms with Gasteiger partial charge >= 0.3 is 0 Å². The molecule has 0 atom stereocenters. The summed E-state index contributed by atoms with van der Waals surface area (Å²) < 4.78 is 0.302. The molecule has 0 radical (unpaired) electrons. The fourth-order valence-electron chi connectivity index (χ4n) is 2.21. The number of carbonyl (C=O) groups is 3. The van der Waals surface area contributed by atoms with Gasteiger partial charge < -0.3 is 15.2 Å².